The summed E-state index contributed by atoms with van der Waals surface area (Å²) >= 11 is 0. The van der Waals surface area contributed by atoms with Crippen molar-refractivity contribution in [1.82, 2.24) is 0 Å². The molecule has 0 amide bonds. The van der Waals surface area contributed by atoms with E-state index in [1.807, 2.05) is 0 Å². The van der Waals surface area contributed by atoms with Crippen LogP contribution in [0.5, 0.6) is 0 Å². The van der Waals surface area contributed by atoms with Crippen LogP contribution in [-0.2, 0) is 15.6 Å². The summed E-state index contributed by atoms with van der Waals surface area (Å²) in [5.41, 5.74) is 5.90. The maximum Gasteiger partial charge on any atom is 0.157 e. The van der Waals surface area contributed by atoms with Gasteiger partial charge in [0.2, 0.25) is 0 Å². The van der Waals surface area contributed by atoms with Gasteiger partial charge in [0.25, 0.3) is 0 Å². The molecule has 0 unspecified atom stereocenters. The molecule has 3 nitrogen and oxygen atoms in total. The van der Waals surface area contributed by atoms with Crippen LogP contribution in [0.25, 0.3) is 0 Å². The zero-order valence-electron chi connectivity index (χ0n) is 10.2. The summed E-state index contributed by atoms with van der Waals surface area (Å²) in [7, 11) is -3.17. The Kier molecular flexibility index (Phi) is 3.90. The van der Waals surface area contributed by atoms with E-state index >= 15 is 0 Å². The Balaban J connectivity index is 2.13. The van der Waals surface area contributed by atoms with E-state index in [2.05, 4.69) is 0 Å². The van der Waals surface area contributed by atoms with Crippen molar-refractivity contribution in [3.63, 3.8) is 0 Å². The molecule has 0 aliphatic heterocycles. The minimum atomic E-state index is -3.17. The Bertz CT molecular complexity index is 522. The van der Waals surface area contributed by atoms with Gasteiger partial charge < -0.3 is 5.73 Å². The van der Waals surface area contributed by atoms with Crippen molar-refractivity contribution in [2.45, 2.75) is 43.1 Å². The molecular weight excluding hydrogens is 253 g/mol. The summed E-state index contributed by atoms with van der Waals surface area (Å²) in [4.78, 5) is 0. The number of hydrogen-bond acceptors (Lipinski definition) is 3. The number of nitrogen functional groups attached to an aromatic ring is 1. The van der Waals surface area contributed by atoms with E-state index in [1.54, 1.807) is 6.07 Å². The van der Waals surface area contributed by atoms with Gasteiger partial charge >= 0.3 is 0 Å². The number of sulfone groups is 1. The highest BCUT2D eigenvalue weighted by Crippen LogP contribution is 2.26. The van der Waals surface area contributed by atoms with Gasteiger partial charge in [-0.15, -0.1) is 0 Å². The first-order chi connectivity index (χ1) is 8.49. The monoisotopic (exact) mass is 271 g/mol. The van der Waals surface area contributed by atoms with Crippen LogP contribution >= 0.6 is 0 Å². The van der Waals surface area contributed by atoms with Gasteiger partial charge in [-0.3, -0.25) is 0 Å². The topological polar surface area (TPSA) is 60.2 Å². The first-order valence-corrected chi connectivity index (χ1v) is 7.96. The highest BCUT2D eigenvalue weighted by molar-refractivity contribution is 7.91. The lowest BCUT2D eigenvalue weighted by Gasteiger charge is -2.21. The van der Waals surface area contributed by atoms with Gasteiger partial charge in [0.1, 0.15) is 5.82 Å². The van der Waals surface area contributed by atoms with Gasteiger partial charge in [0, 0.05) is 0 Å². The van der Waals surface area contributed by atoms with Crippen molar-refractivity contribution in [2.24, 2.45) is 0 Å². The number of nitrogens with two attached hydrogens (primary N) is 1. The first-order valence-electron chi connectivity index (χ1n) is 6.24. The Hall–Kier alpha value is -1.10. The summed E-state index contributed by atoms with van der Waals surface area (Å²) in [6.07, 6.45) is 4.53. The van der Waals surface area contributed by atoms with Crippen LogP contribution in [0.15, 0.2) is 18.2 Å². The van der Waals surface area contributed by atoms with Crippen LogP contribution < -0.4 is 5.73 Å². The molecule has 1 fully saturated rings. The lowest BCUT2D eigenvalue weighted by atomic mass is 10.0. The lowest BCUT2D eigenvalue weighted by molar-refractivity contribution is 0.483. The third-order valence-corrected chi connectivity index (χ3v) is 5.72. The molecule has 0 aromatic heterocycles. The van der Waals surface area contributed by atoms with Gasteiger partial charge in [-0.25, -0.2) is 12.8 Å². The zero-order valence-corrected chi connectivity index (χ0v) is 11.0. The van der Waals surface area contributed by atoms with Crippen molar-refractivity contribution in [3.05, 3.63) is 29.6 Å². The summed E-state index contributed by atoms with van der Waals surface area (Å²) < 4.78 is 37.7. The van der Waals surface area contributed by atoms with Gasteiger partial charge in [0.05, 0.1) is 16.7 Å². The summed E-state index contributed by atoms with van der Waals surface area (Å²) in [5, 5.41) is -0.258. The number of anilines is 1. The number of hydrogen-bond donors (Lipinski definition) is 1. The normalized spacial score (nSPS) is 17.8. The van der Waals surface area contributed by atoms with Crippen molar-refractivity contribution in [2.75, 3.05) is 5.73 Å². The predicted molar refractivity (Wildman–Crippen MR) is 70.3 cm³/mol. The van der Waals surface area contributed by atoms with Crippen LogP contribution in [-0.4, -0.2) is 13.7 Å². The van der Waals surface area contributed by atoms with Gasteiger partial charge in [-0.05, 0) is 30.5 Å². The maximum atomic E-state index is 13.3. The van der Waals surface area contributed by atoms with Gasteiger partial charge in [-0.1, -0.05) is 25.3 Å². The van der Waals surface area contributed by atoms with Crippen molar-refractivity contribution >= 4 is 15.5 Å². The van der Waals surface area contributed by atoms with Crippen LogP contribution in [0.1, 0.15) is 37.7 Å². The fourth-order valence-corrected chi connectivity index (χ4v) is 4.37. The fraction of sp³-hybridized carbons (Fsp3) is 0.538. The molecule has 18 heavy (non-hydrogen) atoms. The number of benzene rings is 1. The van der Waals surface area contributed by atoms with Crippen LogP contribution in [0.4, 0.5) is 10.1 Å². The molecule has 1 aliphatic carbocycles. The van der Waals surface area contributed by atoms with E-state index in [0.29, 0.717) is 5.56 Å². The average molecular weight is 271 g/mol. The summed E-state index contributed by atoms with van der Waals surface area (Å²) in [5.74, 6) is -0.638. The highest BCUT2D eigenvalue weighted by atomic mass is 32.2. The third kappa shape index (κ3) is 3.02. The standard InChI is InChI=1S/C13H18FNO2S/c14-12-8-10(6-7-13(12)15)9-18(16,17)11-4-2-1-3-5-11/h6-8,11H,1-5,9,15H2. The van der Waals surface area contributed by atoms with Crippen molar-refractivity contribution in [3.8, 4) is 0 Å². The molecule has 0 atom stereocenters. The Labute approximate surface area is 107 Å². The quantitative estimate of drug-likeness (QED) is 0.860. The van der Waals surface area contributed by atoms with Gasteiger partial charge in [-0.2, -0.15) is 0 Å². The Morgan fingerprint density at radius 2 is 1.89 bits per heavy atom. The van der Waals surface area contributed by atoms with Crippen molar-refractivity contribution in [1.29, 1.82) is 0 Å². The van der Waals surface area contributed by atoms with Crippen LogP contribution in [0.2, 0.25) is 0 Å². The fourth-order valence-electron chi connectivity index (χ4n) is 2.43. The highest BCUT2D eigenvalue weighted by Gasteiger charge is 2.27. The zero-order chi connectivity index (χ0) is 13.2. The second-order valence-corrected chi connectivity index (χ2v) is 7.20. The molecule has 0 radical (unpaired) electrons. The average Bonchev–Trinajstić information content (AvgIpc) is 2.35. The number of halogens is 1. The number of rotatable bonds is 3. The molecule has 1 aromatic rings. The lowest BCUT2D eigenvalue weighted by Crippen LogP contribution is -2.25. The SMILES string of the molecule is Nc1ccc(CS(=O)(=O)C2CCCCC2)cc1F. The predicted octanol–water partition coefficient (Wildman–Crippen LogP) is 2.66. The van der Waals surface area contributed by atoms with Crippen molar-refractivity contribution < 1.29 is 12.8 Å². The van der Waals surface area contributed by atoms with E-state index in [9.17, 15) is 12.8 Å². The molecule has 0 heterocycles. The Morgan fingerprint density at radius 1 is 1.22 bits per heavy atom. The molecule has 2 N–H and O–H groups in total. The van der Waals surface area contributed by atoms with Gasteiger partial charge in [0.15, 0.2) is 9.84 Å². The summed E-state index contributed by atoms with van der Waals surface area (Å²) in [6, 6.07) is 4.22. The molecule has 1 aromatic carbocycles. The molecule has 0 saturated heterocycles. The minimum absolute atomic E-state index is 0.0498. The largest absolute Gasteiger partial charge is 0.396 e. The molecule has 0 bridgehead atoms. The second-order valence-electron chi connectivity index (χ2n) is 4.92. The molecule has 100 valence electrons. The third-order valence-electron chi connectivity index (χ3n) is 3.49. The van der Waals surface area contributed by atoms with Crippen LogP contribution in [0.3, 0.4) is 0 Å². The molecule has 5 heteroatoms. The van der Waals surface area contributed by atoms with E-state index in [-0.39, 0.29) is 16.7 Å². The molecule has 1 saturated carbocycles. The van der Waals surface area contributed by atoms with Crippen LogP contribution in [0, 0.1) is 5.82 Å². The van der Waals surface area contributed by atoms with E-state index in [1.165, 1.54) is 12.1 Å². The van der Waals surface area contributed by atoms with E-state index < -0.39 is 15.7 Å². The van der Waals surface area contributed by atoms with E-state index in [0.717, 1.165) is 32.1 Å². The Morgan fingerprint density at radius 3 is 2.50 bits per heavy atom. The molecule has 1 aliphatic rings. The first kappa shape index (κ1) is 13.3. The second kappa shape index (κ2) is 5.26. The molecule has 2 rings (SSSR count). The summed E-state index contributed by atoms with van der Waals surface area (Å²) in [6.45, 7) is 0. The smallest absolute Gasteiger partial charge is 0.157 e. The maximum absolute atomic E-state index is 13.3. The molecular formula is C13H18FNO2S. The van der Waals surface area contributed by atoms with E-state index in [4.69, 9.17) is 5.73 Å². The minimum Gasteiger partial charge on any atom is -0.396 e. The molecule has 0 spiro atoms.